The van der Waals surface area contributed by atoms with Crippen LogP contribution in [0.1, 0.15) is 34.3 Å². The lowest BCUT2D eigenvalue weighted by molar-refractivity contribution is 0.102. The van der Waals surface area contributed by atoms with Crippen LogP contribution in [0.5, 0.6) is 0 Å². The third-order valence-corrected chi connectivity index (χ3v) is 4.41. The van der Waals surface area contributed by atoms with E-state index in [0.717, 1.165) is 30.9 Å². The second-order valence-electron chi connectivity index (χ2n) is 6.31. The maximum atomic E-state index is 12.4. The summed E-state index contributed by atoms with van der Waals surface area (Å²) < 4.78 is 0. The van der Waals surface area contributed by atoms with Crippen molar-refractivity contribution in [3.63, 3.8) is 0 Å². The summed E-state index contributed by atoms with van der Waals surface area (Å²) >= 11 is 0. The molecule has 1 aliphatic heterocycles. The summed E-state index contributed by atoms with van der Waals surface area (Å²) in [6.45, 7) is 3.35. The molecule has 126 valence electrons. The highest BCUT2D eigenvalue weighted by Crippen LogP contribution is 2.16. The van der Waals surface area contributed by atoms with Crippen LogP contribution in [0.3, 0.4) is 0 Å². The van der Waals surface area contributed by atoms with E-state index in [1.807, 2.05) is 42.5 Å². The van der Waals surface area contributed by atoms with Crippen molar-refractivity contribution < 1.29 is 9.90 Å². The Hall–Kier alpha value is -2.17. The first-order chi connectivity index (χ1) is 11.7. The standard InChI is InChI=1S/C20H24N2O2/c23-13-10-16-6-8-19(9-7-16)21-20(24)18-5-3-4-17(14-18)15-22-11-1-2-12-22/h3-9,14,23H,1-2,10-13,15H2,(H,21,24). The van der Waals surface area contributed by atoms with Crippen LogP contribution in [0, 0.1) is 0 Å². The molecule has 0 bridgehead atoms. The number of nitrogens with zero attached hydrogens (tertiary/aromatic N) is 1. The van der Waals surface area contributed by atoms with Gasteiger partial charge in [-0.2, -0.15) is 0 Å². The lowest BCUT2D eigenvalue weighted by atomic mass is 10.1. The second-order valence-corrected chi connectivity index (χ2v) is 6.31. The largest absolute Gasteiger partial charge is 0.396 e. The van der Waals surface area contributed by atoms with E-state index in [1.54, 1.807) is 0 Å². The number of carbonyl (C=O) groups excluding carboxylic acids is 1. The zero-order valence-electron chi connectivity index (χ0n) is 13.9. The van der Waals surface area contributed by atoms with Crippen LogP contribution in [0.4, 0.5) is 5.69 Å². The molecule has 4 nitrogen and oxygen atoms in total. The minimum atomic E-state index is -0.0896. The first kappa shape index (κ1) is 16.7. The molecule has 4 heteroatoms. The topological polar surface area (TPSA) is 52.6 Å². The summed E-state index contributed by atoms with van der Waals surface area (Å²) in [5, 5.41) is 11.9. The average Bonchev–Trinajstić information content (AvgIpc) is 3.10. The zero-order chi connectivity index (χ0) is 16.8. The van der Waals surface area contributed by atoms with E-state index in [2.05, 4.69) is 16.3 Å². The average molecular weight is 324 g/mol. The van der Waals surface area contributed by atoms with Crippen molar-refractivity contribution >= 4 is 11.6 Å². The molecule has 24 heavy (non-hydrogen) atoms. The number of aliphatic hydroxyl groups is 1. The summed E-state index contributed by atoms with van der Waals surface area (Å²) in [5.41, 5.74) is 3.70. The fraction of sp³-hybridized carbons (Fsp3) is 0.350. The molecule has 0 saturated carbocycles. The van der Waals surface area contributed by atoms with E-state index < -0.39 is 0 Å². The van der Waals surface area contributed by atoms with Crippen molar-refractivity contribution in [3.8, 4) is 0 Å². The molecule has 2 N–H and O–H groups in total. The highest BCUT2D eigenvalue weighted by molar-refractivity contribution is 6.04. The molecule has 0 unspecified atom stereocenters. The molecule has 1 saturated heterocycles. The fourth-order valence-corrected chi connectivity index (χ4v) is 3.10. The number of amides is 1. The van der Waals surface area contributed by atoms with Crippen LogP contribution >= 0.6 is 0 Å². The number of aliphatic hydroxyl groups excluding tert-OH is 1. The lowest BCUT2D eigenvalue weighted by Gasteiger charge is -2.15. The number of benzene rings is 2. The van der Waals surface area contributed by atoms with Crippen molar-refractivity contribution in [3.05, 3.63) is 65.2 Å². The molecule has 1 amide bonds. The van der Waals surface area contributed by atoms with Gasteiger partial charge in [-0.1, -0.05) is 24.3 Å². The van der Waals surface area contributed by atoms with Crippen LogP contribution in [0.15, 0.2) is 48.5 Å². The Morgan fingerprint density at radius 2 is 1.79 bits per heavy atom. The number of anilines is 1. The monoisotopic (exact) mass is 324 g/mol. The quantitative estimate of drug-likeness (QED) is 0.858. The van der Waals surface area contributed by atoms with E-state index in [1.165, 1.54) is 18.4 Å². The number of hydrogen-bond acceptors (Lipinski definition) is 3. The second kappa shape index (κ2) is 8.08. The van der Waals surface area contributed by atoms with Gasteiger partial charge in [0.05, 0.1) is 0 Å². The SMILES string of the molecule is O=C(Nc1ccc(CCO)cc1)c1cccc(CN2CCCC2)c1. The Morgan fingerprint density at radius 3 is 2.50 bits per heavy atom. The fourth-order valence-electron chi connectivity index (χ4n) is 3.10. The summed E-state index contributed by atoms with van der Waals surface area (Å²) in [6.07, 6.45) is 3.17. The van der Waals surface area contributed by atoms with Crippen LogP contribution in [-0.2, 0) is 13.0 Å². The van der Waals surface area contributed by atoms with Crippen LogP contribution < -0.4 is 5.32 Å². The van der Waals surface area contributed by atoms with Gasteiger partial charge >= 0.3 is 0 Å². The first-order valence-corrected chi connectivity index (χ1v) is 8.57. The number of carbonyl (C=O) groups is 1. The molecule has 3 rings (SSSR count). The van der Waals surface area contributed by atoms with E-state index >= 15 is 0 Å². The summed E-state index contributed by atoms with van der Waals surface area (Å²) in [5.74, 6) is -0.0896. The van der Waals surface area contributed by atoms with Gasteiger partial charge in [0.15, 0.2) is 0 Å². The molecule has 1 fully saturated rings. The van der Waals surface area contributed by atoms with E-state index in [9.17, 15) is 4.79 Å². The van der Waals surface area contributed by atoms with Crippen molar-refractivity contribution in [2.45, 2.75) is 25.8 Å². The summed E-state index contributed by atoms with van der Waals surface area (Å²) in [7, 11) is 0. The number of likely N-dealkylation sites (tertiary alicyclic amines) is 1. The molecular formula is C20H24N2O2. The molecule has 2 aromatic rings. The molecule has 0 spiro atoms. The van der Waals surface area contributed by atoms with Gasteiger partial charge in [0.2, 0.25) is 0 Å². The Labute approximate surface area is 143 Å². The number of rotatable bonds is 6. The Bertz CT molecular complexity index is 676. The van der Waals surface area contributed by atoms with Crippen molar-refractivity contribution in [2.75, 3.05) is 25.0 Å². The van der Waals surface area contributed by atoms with E-state index in [0.29, 0.717) is 12.0 Å². The van der Waals surface area contributed by atoms with Gasteiger partial charge in [-0.25, -0.2) is 0 Å². The number of nitrogens with one attached hydrogen (secondary N) is 1. The Morgan fingerprint density at radius 1 is 1.04 bits per heavy atom. The molecule has 1 aliphatic rings. The number of hydrogen-bond donors (Lipinski definition) is 2. The molecule has 0 aliphatic carbocycles. The normalized spacial score (nSPS) is 14.7. The lowest BCUT2D eigenvalue weighted by Crippen LogP contribution is -2.19. The van der Waals surface area contributed by atoms with Crippen molar-refractivity contribution in [1.29, 1.82) is 0 Å². The summed E-state index contributed by atoms with van der Waals surface area (Å²) in [6, 6.07) is 15.5. The molecule has 0 atom stereocenters. The van der Waals surface area contributed by atoms with Gasteiger partial charge in [-0.3, -0.25) is 9.69 Å². The maximum Gasteiger partial charge on any atom is 0.255 e. The van der Waals surface area contributed by atoms with Gasteiger partial charge in [0.25, 0.3) is 5.91 Å². The van der Waals surface area contributed by atoms with Crippen molar-refractivity contribution in [2.24, 2.45) is 0 Å². The maximum absolute atomic E-state index is 12.4. The predicted octanol–water partition coefficient (Wildman–Crippen LogP) is 3.07. The minimum Gasteiger partial charge on any atom is -0.396 e. The highest BCUT2D eigenvalue weighted by Gasteiger charge is 2.13. The minimum absolute atomic E-state index is 0.0896. The molecule has 1 heterocycles. The van der Waals surface area contributed by atoms with Gasteiger partial charge in [0.1, 0.15) is 0 Å². The van der Waals surface area contributed by atoms with Crippen LogP contribution in [-0.4, -0.2) is 35.6 Å². The molecule has 2 aromatic carbocycles. The van der Waals surface area contributed by atoms with E-state index in [4.69, 9.17) is 5.11 Å². The zero-order valence-corrected chi connectivity index (χ0v) is 13.9. The molecule has 0 radical (unpaired) electrons. The van der Waals surface area contributed by atoms with Gasteiger partial charge < -0.3 is 10.4 Å². The van der Waals surface area contributed by atoms with Gasteiger partial charge in [-0.05, 0) is 67.7 Å². The van der Waals surface area contributed by atoms with Crippen LogP contribution in [0.2, 0.25) is 0 Å². The Balaban J connectivity index is 1.63. The molecule has 0 aromatic heterocycles. The van der Waals surface area contributed by atoms with Crippen LogP contribution in [0.25, 0.3) is 0 Å². The first-order valence-electron chi connectivity index (χ1n) is 8.57. The van der Waals surface area contributed by atoms with Gasteiger partial charge in [0, 0.05) is 24.4 Å². The van der Waals surface area contributed by atoms with Crippen molar-refractivity contribution in [1.82, 2.24) is 4.90 Å². The smallest absolute Gasteiger partial charge is 0.255 e. The highest BCUT2D eigenvalue weighted by atomic mass is 16.3. The van der Waals surface area contributed by atoms with Gasteiger partial charge in [-0.15, -0.1) is 0 Å². The molecular weight excluding hydrogens is 300 g/mol. The summed E-state index contributed by atoms with van der Waals surface area (Å²) in [4.78, 5) is 14.9. The van der Waals surface area contributed by atoms with E-state index in [-0.39, 0.29) is 12.5 Å². The third kappa shape index (κ3) is 4.43. The predicted molar refractivity (Wildman–Crippen MR) is 96.1 cm³/mol. The Kier molecular flexibility index (Phi) is 5.62. The third-order valence-electron chi connectivity index (χ3n) is 4.41.